The van der Waals surface area contributed by atoms with Crippen molar-refractivity contribution >= 4 is 23.0 Å². The Morgan fingerprint density at radius 1 is 1.15 bits per heavy atom. The number of aryl methyl sites for hydroxylation is 1. The molecule has 0 bridgehead atoms. The smallest absolute Gasteiger partial charge is 0.269 e. The first-order valence-electron chi connectivity index (χ1n) is 8.70. The highest BCUT2D eigenvalue weighted by molar-refractivity contribution is 5.93. The average molecular weight is 372 g/mol. The van der Waals surface area contributed by atoms with Crippen molar-refractivity contribution in [1.29, 1.82) is 0 Å². The van der Waals surface area contributed by atoms with Crippen molar-refractivity contribution in [2.45, 2.75) is 6.92 Å². The summed E-state index contributed by atoms with van der Waals surface area (Å²) >= 11 is 0. The fourth-order valence-electron chi connectivity index (χ4n) is 3.11. The molecule has 142 valence electrons. The first-order chi connectivity index (χ1) is 12.9. The van der Waals surface area contributed by atoms with Gasteiger partial charge in [-0.1, -0.05) is 0 Å². The van der Waals surface area contributed by atoms with Crippen molar-refractivity contribution in [3.8, 4) is 0 Å². The molecule has 0 unspecified atom stereocenters. The van der Waals surface area contributed by atoms with Gasteiger partial charge in [-0.15, -0.1) is 0 Å². The summed E-state index contributed by atoms with van der Waals surface area (Å²) in [4.78, 5) is 26.8. The molecule has 0 spiro atoms. The second-order valence-electron chi connectivity index (χ2n) is 6.54. The molecule has 1 heterocycles. The molecule has 1 N–H and O–H groups in total. The highest BCUT2D eigenvalue weighted by Crippen LogP contribution is 2.21. The second-order valence-corrected chi connectivity index (χ2v) is 6.54. The molecular weight excluding hydrogens is 351 g/mol. The fraction of sp³-hybridized carbons (Fsp3) is 0.316. The monoisotopic (exact) mass is 372 g/mol. The summed E-state index contributed by atoms with van der Waals surface area (Å²) in [7, 11) is 0. The Bertz CT molecular complexity index is 833. The first-order valence-corrected chi connectivity index (χ1v) is 8.70. The van der Waals surface area contributed by atoms with Gasteiger partial charge in [-0.25, -0.2) is 4.39 Å². The van der Waals surface area contributed by atoms with Crippen molar-refractivity contribution in [2.24, 2.45) is 0 Å². The summed E-state index contributed by atoms with van der Waals surface area (Å²) in [6.45, 7) is 4.96. The van der Waals surface area contributed by atoms with E-state index in [4.69, 9.17) is 0 Å². The molecule has 1 aliphatic heterocycles. The van der Waals surface area contributed by atoms with Gasteiger partial charge in [0.05, 0.1) is 11.5 Å². The summed E-state index contributed by atoms with van der Waals surface area (Å²) in [5, 5.41) is 13.6. The van der Waals surface area contributed by atoms with Crippen molar-refractivity contribution in [3.05, 3.63) is 64.0 Å². The number of halogens is 1. The Morgan fingerprint density at radius 3 is 2.41 bits per heavy atom. The van der Waals surface area contributed by atoms with Crippen molar-refractivity contribution in [2.75, 3.05) is 42.9 Å². The van der Waals surface area contributed by atoms with Gasteiger partial charge in [0.2, 0.25) is 5.91 Å². The highest BCUT2D eigenvalue weighted by atomic mass is 19.1. The van der Waals surface area contributed by atoms with Crippen LogP contribution in [0.15, 0.2) is 42.5 Å². The molecule has 1 amide bonds. The Labute approximate surface area is 156 Å². The third kappa shape index (κ3) is 4.79. The van der Waals surface area contributed by atoms with Crippen LogP contribution in [0.5, 0.6) is 0 Å². The van der Waals surface area contributed by atoms with E-state index in [0.717, 1.165) is 31.9 Å². The molecule has 1 fully saturated rings. The molecule has 0 aromatic heterocycles. The summed E-state index contributed by atoms with van der Waals surface area (Å²) < 4.78 is 13.0. The lowest BCUT2D eigenvalue weighted by Crippen LogP contribution is -2.48. The molecule has 2 aromatic rings. The second kappa shape index (κ2) is 8.13. The topological polar surface area (TPSA) is 78.7 Å². The number of nitrogens with zero attached hydrogens (tertiary/aromatic N) is 3. The minimum Gasteiger partial charge on any atom is -0.369 e. The van der Waals surface area contributed by atoms with Gasteiger partial charge < -0.3 is 10.2 Å². The zero-order valence-corrected chi connectivity index (χ0v) is 15.0. The van der Waals surface area contributed by atoms with Gasteiger partial charge in [-0.2, -0.15) is 0 Å². The van der Waals surface area contributed by atoms with Gasteiger partial charge >= 0.3 is 0 Å². The van der Waals surface area contributed by atoms with E-state index >= 15 is 0 Å². The number of nitro groups is 1. The number of rotatable bonds is 5. The number of nitro benzene ring substituents is 1. The maximum absolute atomic E-state index is 13.0. The third-order valence-electron chi connectivity index (χ3n) is 4.63. The Morgan fingerprint density at radius 2 is 1.81 bits per heavy atom. The quantitative estimate of drug-likeness (QED) is 0.645. The van der Waals surface area contributed by atoms with Crippen LogP contribution in [-0.4, -0.2) is 48.5 Å². The maximum atomic E-state index is 13.0. The molecule has 0 aliphatic carbocycles. The predicted octanol–water partition coefficient (Wildman–Crippen LogP) is 2.80. The van der Waals surface area contributed by atoms with E-state index in [-0.39, 0.29) is 24.0 Å². The molecule has 0 saturated carbocycles. The van der Waals surface area contributed by atoms with Crippen molar-refractivity contribution in [1.82, 2.24) is 4.90 Å². The van der Waals surface area contributed by atoms with Crippen LogP contribution in [0.3, 0.4) is 0 Å². The molecule has 0 radical (unpaired) electrons. The van der Waals surface area contributed by atoms with E-state index < -0.39 is 4.92 Å². The normalized spacial score (nSPS) is 14.8. The summed E-state index contributed by atoms with van der Waals surface area (Å²) in [6.07, 6.45) is 0. The van der Waals surface area contributed by atoms with Crippen LogP contribution in [-0.2, 0) is 4.79 Å². The van der Waals surface area contributed by atoms with Gasteiger partial charge in [0.1, 0.15) is 5.82 Å². The summed E-state index contributed by atoms with van der Waals surface area (Å²) in [5.41, 5.74) is 2.21. The number of carbonyl (C=O) groups excluding carboxylic acids is 1. The van der Waals surface area contributed by atoms with E-state index in [0.29, 0.717) is 11.3 Å². The maximum Gasteiger partial charge on any atom is 0.269 e. The highest BCUT2D eigenvalue weighted by Gasteiger charge is 2.20. The molecule has 0 atom stereocenters. The number of non-ortho nitro benzene ring substituents is 1. The average Bonchev–Trinajstić information content (AvgIpc) is 2.64. The first kappa shape index (κ1) is 18.8. The lowest BCUT2D eigenvalue weighted by Gasteiger charge is -2.35. The van der Waals surface area contributed by atoms with Crippen LogP contribution in [0.4, 0.5) is 21.5 Å². The van der Waals surface area contributed by atoms with Crippen LogP contribution in [0.25, 0.3) is 0 Å². The van der Waals surface area contributed by atoms with Crippen molar-refractivity contribution < 1.29 is 14.1 Å². The number of hydrogen-bond donors (Lipinski definition) is 1. The SMILES string of the molecule is Cc1cc([N+](=O)[O-])ccc1NC(=O)CN1CCN(c2ccc(F)cc2)CC1. The number of carbonyl (C=O) groups is 1. The zero-order chi connectivity index (χ0) is 19.4. The number of benzene rings is 2. The van der Waals surface area contributed by atoms with E-state index in [1.54, 1.807) is 25.1 Å². The Hall–Kier alpha value is -3.00. The third-order valence-corrected chi connectivity index (χ3v) is 4.63. The standard InChI is InChI=1S/C19H21FN4O3/c1-14-12-17(24(26)27)6-7-18(14)21-19(25)13-22-8-10-23(11-9-22)16-4-2-15(20)3-5-16/h2-7,12H,8-11,13H2,1H3,(H,21,25). The van der Waals surface area contributed by atoms with Crippen LogP contribution >= 0.6 is 0 Å². The van der Waals surface area contributed by atoms with Crippen LogP contribution in [0.1, 0.15) is 5.56 Å². The van der Waals surface area contributed by atoms with E-state index in [9.17, 15) is 19.3 Å². The van der Waals surface area contributed by atoms with Gasteiger partial charge in [0, 0.05) is 49.7 Å². The van der Waals surface area contributed by atoms with Gasteiger partial charge in [0.25, 0.3) is 5.69 Å². The molecule has 1 aliphatic rings. The predicted molar refractivity (Wildman–Crippen MR) is 102 cm³/mol. The number of piperazine rings is 1. The Kier molecular flexibility index (Phi) is 5.66. The minimum atomic E-state index is -0.459. The Balaban J connectivity index is 1.51. The molecule has 3 rings (SSSR count). The molecule has 1 saturated heterocycles. The largest absolute Gasteiger partial charge is 0.369 e. The van der Waals surface area contributed by atoms with E-state index in [1.807, 2.05) is 0 Å². The van der Waals surface area contributed by atoms with Gasteiger partial charge in [0.15, 0.2) is 0 Å². The molecule has 7 nitrogen and oxygen atoms in total. The van der Waals surface area contributed by atoms with E-state index in [2.05, 4.69) is 15.1 Å². The molecule has 2 aromatic carbocycles. The zero-order valence-electron chi connectivity index (χ0n) is 15.0. The number of amides is 1. The number of anilines is 2. The molecule has 8 heteroatoms. The van der Waals surface area contributed by atoms with Gasteiger partial charge in [-0.05, 0) is 42.8 Å². The van der Waals surface area contributed by atoms with Crippen molar-refractivity contribution in [3.63, 3.8) is 0 Å². The number of hydrogen-bond acceptors (Lipinski definition) is 5. The fourth-order valence-corrected chi connectivity index (χ4v) is 3.11. The van der Waals surface area contributed by atoms with Crippen LogP contribution < -0.4 is 10.2 Å². The van der Waals surface area contributed by atoms with Crippen LogP contribution in [0, 0.1) is 22.9 Å². The lowest BCUT2D eigenvalue weighted by atomic mass is 10.2. The number of nitrogens with one attached hydrogen (secondary N) is 1. The minimum absolute atomic E-state index is 0.00224. The van der Waals surface area contributed by atoms with Gasteiger partial charge in [-0.3, -0.25) is 19.8 Å². The summed E-state index contributed by atoms with van der Waals surface area (Å²) in [6, 6.07) is 10.8. The molecule has 27 heavy (non-hydrogen) atoms. The molecular formula is C19H21FN4O3. The van der Waals surface area contributed by atoms with E-state index in [1.165, 1.54) is 24.3 Å². The lowest BCUT2D eigenvalue weighted by molar-refractivity contribution is -0.384. The summed E-state index contributed by atoms with van der Waals surface area (Å²) in [5.74, 6) is -0.405. The van der Waals surface area contributed by atoms with Crippen LogP contribution in [0.2, 0.25) is 0 Å².